The van der Waals surface area contributed by atoms with E-state index in [2.05, 4.69) is 26.1 Å². The molecule has 3 unspecified atom stereocenters. The Kier molecular flexibility index (Phi) is 10.7. The van der Waals surface area contributed by atoms with Gasteiger partial charge in [-0.1, -0.05) is 27.2 Å². The molecule has 1 aliphatic carbocycles. The minimum atomic E-state index is -0.0933. The van der Waals surface area contributed by atoms with Gasteiger partial charge in [0.15, 0.2) is 6.54 Å². The molecule has 3 atom stereocenters. The van der Waals surface area contributed by atoms with Crippen LogP contribution in [0.25, 0.3) is 0 Å². The van der Waals surface area contributed by atoms with Crippen LogP contribution >= 0.6 is 0 Å². The SMILES string of the molecule is CC(=O)NCCC[N+](C)(C)CC(=O)OC1CC(C)CCC1C(C)C.[Cl-]. The standard InChI is InChI=1S/C19H36N2O3.ClH/c1-14(2)17-9-8-15(3)12-18(17)24-19(23)13-21(5,6)11-7-10-20-16(4)22;/h14-15,17-18H,7-13H2,1-6H3;1H. The third-order valence-electron chi connectivity index (χ3n) is 5.12. The number of amides is 1. The molecule has 1 rings (SSSR count). The van der Waals surface area contributed by atoms with Gasteiger partial charge in [-0.3, -0.25) is 4.79 Å². The molecule has 0 heterocycles. The molecule has 1 fully saturated rings. The summed E-state index contributed by atoms with van der Waals surface area (Å²) in [6.45, 7) is 10.1. The van der Waals surface area contributed by atoms with E-state index >= 15 is 0 Å². The van der Waals surface area contributed by atoms with E-state index in [0.29, 0.717) is 35.3 Å². The molecule has 0 bridgehead atoms. The molecule has 0 aliphatic heterocycles. The van der Waals surface area contributed by atoms with Crippen LogP contribution in [0.5, 0.6) is 0 Å². The number of carbonyl (C=O) groups excluding carboxylic acids is 2. The lowest BCUT2D eigenvalue weighted by Gasteiger charge is -2.37. The zero-order chi connectivity index (χ0) is 18.3. The summed E-state index contributed by atoms with van der Waals surface area (Å²) in [6, 6.07) is 0. The second-order valence-electron chi connectivity index (χ2n) is 8.51. The van der Waals surface area contributed by atoms with E-state index in [1.54, 1.807) is 0 Å². The van der Waals surface area contributed by atoms with Gasteiger partial charge in [-0.15, -0.1) is 0 Å². The highest BCUT2D eigenvalue weighted by atomic mass is 35.5. The number of carbonyl (C=O) groups is 2. The van der Waals surface area contributed by atoms with Crippen LogP contribution in [0.15, 0.2) is 0 Å². The van der Waals surface area contributed by atoms with Crippen LogP contribution in [-0.4, -0.2) is 56.2 Å². The number of hydrogen-bond donors (Lipinski definition) is 1. The number of esters is 1. The van der Waals surface area contributed by atoms with E-state index in [1.165, 1.54) is 13.3 Å². The summed E-state index contributed by atoms with van der Waals surface area (Å²) in [5.41, 5.74) is 0. The first-order valence-electron chi connectivity index (χ1n) is 9.36. The highest BCUT2D eigenvalue weighted by Crippen LogP contribution is 2.35. The van der Waals surface area contributed by atoms with E-state index in [4.69, 9.17) is 4.74 Å². The Labute approximate surface area is 159 Å². The Morgan fingerprint density at radius 3 is 2.44 bits per heavy atom. The number of nitrogens with zero attached hydrogens (tertiary/aromatic N) is 1. The Hall–Kier alpha value is -0.810. The molecule has 0 saturated heterocycles. The van der Waals surface area contributed by atoms with Gasteiger partial charge < -0.3 is 26.9 Å². The molecule has 0 spiro atoms. The summed E-state index contributed by atoms with van der Waals surface area (Å²) >= 11 is 0. The van der Waals surface area contributed by atoms with E-state index in [9.17, 15) is 9.59 Å². The number of halogens is 1. The first-order chi connectivity index (χ1) is 11.1. The predicted octanol–water partition coefficient (Wildman–Crippen LogP) is -0.403. The molecule has 0 aromatic rings. The average Bonchev–Trinajstić information content (AvgIpc) is 2.42. The largest absolute Gasteiger partial charge is 1.00 e. The molecule has 0 radical (unpaired) electrons. The maximum atomic E-state index is 12.4. The van der Waals surface area contributed by atoms with Gasteiger partial charge in [0, 0.05) is 19.9 Å². The lowest BCUT2D eigenvalue weighted by molar-refractivity contribution is -0.883. The summed E-state index contributed by atoms with van der Waals surface area (Å²) in [6.07, 6.45) is 4.31. The maximum absolute atomic E-state index is 12.4. The van der Waals surface area contributed by atoms with Crippen LogP contribution in [0.4, 0.5) is 0 Å². The topological polar surface area (TPSA) is 55.4 Å². The van der Waals surface area contributed by atoms with Crippen LogP contribution in [0, 0.1) is 17.8 Å². The fourth-order valence-corrected chi connectivity index (χ4v) is 3.66. The van der Waals surface area contributed by atoms with E-state index in [1.807, 2.05) is 14.1 Å². The molecular formula is C19H37ClN2O3. The highest BCUT2D eigenvalue weighted by molar-refractivity contribution is 5.72. The second-order valence-corrected chi connectivity index (χ2v) is 8.51. The highest BCUT2D eigenvalue weighted by Gasteiger charge is 2.34. The van der Waals surface area contributed by atoms with Gasteiger partial charge in [-0.25, -0.2) is 4.79 Å². The van der Waals surface area contributed by atoms with Crippen molar-refractivity contribution in [1.82, 2.24) is 5.32 Å². The van der Waals surface area contributed by atoms with Gasteiger partial charge in [0.05, 0.1) is 20.6 Å². The number of quaternary nitrogens is 1. The number of likely N-dealkylation sites (N-methyl/N-ethyl adjacent to an activating group) is 1. The van der Waals surface area contributed by atoms with Gasteiger partial charge in [-0.2, -0.15) is 0 Å². The number of rotatable bonds is 8. The quantitative estimate of drug-likeness (QED) is 0.356. The third-order valence-corrected chi connectivity index (χ3v) is 5.12. The minimum absolute atomic E-state index is 0. The van der Waals surface area contributed by atoms with E-state index < -0.39 is 0 Å². The summed E-state index contributed by atoms with van der Waals surface area (Å²) in [4.78, 5) is 23.3. The van der Waals surface area contributed by atoms with Crippen molar-refractivity contribution in [2.75, 3.05) is 33.7 Å². The summed E-state index contributed by atoms with van der Waals surface area (Å²) in [5.74, 6) is 1.57. The molecule has 0 aromatic carbocycles. The summed E-state index contributed by atoms with van der Waals surface area (Å²) in [5, 5.41) is 2.80. The van der Waals surface area contributed by atoms with Crippen LogP contribution in [0.1, 0.15) is 53.4 Å². The Balaban J connectivity index is 0.00000576. The van der Waals surface area contributed by atoms with Crippen LogP contribution in [-0.2, 0) is 14.3 Å². The molecular weight excluding hydrogens is 340 g/mol. The lowest BCUT2D eigenvalue weighted by atomic mass is 9.75. The molecule has 1 aliphatic rings. The van der Waals surface area contributed by atoms with Crippen molar-refractivity contribution in [3.8, 4) is 0 Å². The molecule has 25 heavy (non-hydrogen) atoms. The molecule has 6 heteroatoms. The number of hydrogen-bond acceptors (Lipinski definition) is 3. The predicted molar refractivity (Wildman–Crippen MR) is 96.4 cm³/mol. The van der Waals surface area contributed by atoms with Crippen molar-refractivity contribution in [2.45, 2.75) is 59.5 Å². The van der Waals surface area contributed by atoms with Gasteiger partial charge >= 0.3 is 5.97 Å². The fourth-order valence-electron chi connectivity index (χ4n) is 3.66. The van der Waals surface area contributed by atoms with E-state index in [0.717, 1.165) is 25.8 Å². The molecule has 1 amide bonds. The number of nitrogens with one attached hydrogen (secondary N) is 1. The molecule has 1 saturated carbocycles. The van der Waals surface area contributed by atoms with Gasteiger partial charge in [-0.05, 0) is 30.6 Å². The van der Waals surface area contributed by atoms with E-state index in [-0.39, 0.29) is 30.4 Å². The van der Waals surface area contributed by atoms with Crippen molar-refractivity contribution in [1.29, 1.82) is 0 Å². The van der Waals surface area contributed by atoms with Crippen molar-refractivity contribution in [3.63, 3.8) is 0 Å². The van der Waals surface area contributed by atoms with Crippen LogP contribution in [0.3, 0.4) is 0 Å². The van der Waals surface area contributed by atoms with Crippen LogP contribution in [0.2, 0.25) is 0 Å². The summed E-state index contributed by atoms with van der Waals surface area (Å²) < 4.78 is 6.48. The summed E-state index contributed by atoms with van der Waals surface area (Å²) in [7, 11) is 4.08. The van der Waals surface area contributed by atoms with Gasteiger partial charge in [0.2, 0.25) is 5.91 Å². The van der Waals surface area contributed by atoms with Crippen molar-refractivity contribution in [3.05, 3.63) is 0 Å². The maximum Gasteiger partial charge on any atom is 0.362 e. The lowest BCUT2D eigenvalue weighted by Crippen LogP contribution is -3.00. The fraction of sp³-hybridized carbons (Fsp3) is 0.895. The normalized spacial score (nSPS) is 23.7. The molecule has 5 nitrogen and oxygen atoms in total. The van der Waals surface area contributed by atoms with Crippen LogP contribution < -0.4 is 17.7 Å². The zero-order valence-corrected chi connectivity index (χ0v) is 17.6. The van der Waals surface area contributed by atoms with Gasteiger partial charge in [0.1, 0.15) is 6.10 Å². The monoisotopic (exact) mass is 376 g/mol. The zero-order valence-electron chi connectivity index (χ0n) is 16.8. The Morgan fingerprint density at radius 1 is 1.24 bits per heavy atom. The Morgan fingerprint density at radius 2 is 1.88 bits per heavy atom. The van der Waals surface area contributed by atoms with Crippen molar-refractivity contribution in [2.24, 2.45) is 17.8 Å². The Bertz CT molecular complexity index is 427. The molecule has 148 valence electrons. The average molecular weight is 377 g/mol. The first-order valence-corrected chi connectivity index (χ1v) is 9.36. The smallest absolute Gasteiger partial charge is 0.362 e. The first kappa shape index (κ1) is 24.2. The molecule has 1 N–H and O–H groups in total. The minimum Gasteiger partial charge on any atom is -1.00 e. The molecule has 0 aromatic heterocycles. The van der Waals surface area contributed by atoms with Gasteiger partial charge in [0.25, 0.3) is 0 Å². The third kappa shape index (κ3) is 9.45. The number of ether oxygens (including phenoxy) is 1. The second kappa shape index (κ2) is 11.0. The van der Waals surface area contributed by atoms with Crippen molar-refractivity contribution >= 4 is 11.9 Å². The van der Waals surface area contributed by atoms with Crippen molar-refractivity contribution < 1.29 is 31.2 Å².